The zero-order valence-electron chi connectivity index (χ0n) is 23.7. The number of aliphatic hydroxyl groups is 1. The molecule has 0 fully saturated rings. The summed E-state index contributed by atoms with van der Waals surface area (Å²) in [5.41, 5.74) is 8.13. The molecule has 216 valence electrons. The number of aromatic nitrogens is 1. The first-order valence-electron chi connectivity index (χ1n) is 13.8. The number of nitrogens with one attached hydrogen (secondary N) is 1. The lowest BCUT2D eigenvalue weighted by molar-refractivity contribution is -0.395. The number of fused-ring (bicyclic) bond motifs is 4. The van der Waals surface area contributed by atoms with E-state index in [4.69, 9.17) is 5.73 Å². The van der Waals surface area contributed by atoms with Gasteiger partial charge < -0.3 is 15.8 Å². The number of aromatic amines is 1. The predicted octanol–water partition coefficient (Wildman–Crippen LogP) is 4.85. The highest BCUT2D eigenvalue weighted by atomic mass is 19.1. The lowest BCUT2D eigenvalue weighted by Gasteiger charge is -2.32. The lowest BCUT2D eigenvalue weighted by atomic mass is 9.77. The summed E-state index contributed by atoms with van der Waals surface area (Å²) in [6.45, 7) is 5.21. The van der Waals surface area contributed by atoms with E-state index >= 15 is 4.39 Å². The number of rotatable bonds is 4. The number of H-pyrrole nitrogens is 1. The van der Waals surface area contributed by atoms with Crippen LogP contribution < -0.4 is 10.6 Å². The highest BCUT2D eigenvalue weighted by Gasteiger charge is 2.49. The van der Waals surface area contributed by atoms with Gasteiger partial charge in [0.25, 0.3) is 5.91 Å². The first kappa shape index (κ1) is 27.7. The average molecular weight is 574 g/mol. The number of carbonyl (C=O) groups is 3. The summed E-state index contributed by atoms with van der Waals surface area (Å²) in [5, 5.41) is 11.2. The van der Waals surface area contributed by atoms with Crippen LogP contribution in [0, 0.1) is 24.6 Å². The molecule has 2 heterocycles. The minimum Gasteiger partial charge on any atom is -0.390 e. The molecule has 3 aromatic rings. The molecule has 2 atom stereocenters. The van der Waals surface area contributed by atoms with Crippen molar-refractivity contribution in [3.63, 3.8) is 0 Å². The van der Waals surface area contributed by atoms with Gasteiger partial charge in [-0.15, -0.1) is 4.90 Å². The molecule has 4 N–H and O–H groups in total. The van der Waals surface area contributed by atoms with E-state index in [2.05, 4.69) is 4.98 Å². The van der Waals surface area contributed by atoms with Crippen molar-refractivity contribution in [3.8, 4) is 11.1 Å². The van der Waals surface area contributed by atoms with Gasteiger partial charge in [0.05, 0.1) is 23.7 Å². The highest BCUT2D eigenvalue weighted by molar-refractivity contribution is 6.27. The maximum Gasteiger partial charge on any atom is 0.506 e. The summed E-state index contributed by atoms with van der Waals surface area (Å²) in [6.07, 6.45) is 5.89. The Morgan fingerprint density at radius 3 is 2.67 bits per heavy atom. The molecular weight excluding hydrogens is 542 g/mol. The Bertz CT molecular complexity index is 1830. The Hall–Kier alpha value is -4.44. The largest absolute Gasteiger partial charge is 0.506 e. The van der Waals surface area contributed by atoms with Gasteiger partial charge in [0.1, 0.15) is 17.4 Å². The summed E-state index contributed by atoms with van der Waals surface area (Å²) in [7, 11) is 1.41. The Kier molecular flexibility index (Phi) is 6.31. The maximum absolute atomic E-state index is 16.1. The van der Waals surface area contributed by atoms with E-state index in [0.717, 1.165) is 26.8 Å². The van der Waals surface area contributed by atoms with Crippen LogP contribution in [-0.4, -0.2) is 50.9 Å². The fourth-order valence-corrected chi connectivity index (χ4v) is 6.63. The zero-order valence-corrected chi connectivity index (χ0v) is 23.7. The standard InChI is InChI=1S/C32H30F2N4O4/c1-15-17(7-6-10-24(15)38-30(40)19-8-5-9-21(33)28(19)37(4)31(38)41)25-22(34)14-20(29(35)39)27-26(25)18-12-11-16(32(2,3)42)13-23(18)36-27/h5-10,14,16,19,42H,11-13H2,1-4H3,(H2-,35,36,39)/p+1/t16-,19?/m0/s1. The van der Waals surface area contributed by atoms with Crippen LogP contribution in [0.2, 0.25) is 0 Å². The van der Waals surface area contributed by atoms with Crippen molar-refractivity contribution in [2.75, 3.05) is 11.9 Å². The van der Waals surface area contributed by atoms with Crippen LogP contribution >= 0.6 is 0 Å². The molecule has 4 amide bonds. The monoisotopic (exact) mass is 573 g/mol. The van der Waals surface area contributed by atoms with E-state index in [-0.39, 0.29) is 28.4 Å². The van der Waals surface area contributed by atoms with Crippen LogP contribution in [-0.2, 0) is 17.6 Å². The number of urea groups is 1. The summed E-state index contributed by atoms with van der Waals surface area (Å²) in [6, 6.07) is 5.31. The fraction of sp³-hybridized carbons (Fsp3) is 0.312. The minimum atomic E-state index is -0.987. The smallest absolute Gasteiger partial charge is 0.390 e. The number of imide groups is 1. The minimum absolute atomic E-state index is 0.0134. The van der Waals surface area contributed by atoms with Gasteiger partial charge in [-0.1, -0.05) is 24.3 Å². The van der Waals surface area contributed by atoms with Crippen molar-refractivity contribution < 1.29 is 32.8 Å². The number of benzene rings is 2. The Morgan fingerprint density at radius 1 is 1.24 bits per heavy atom. The molecule has 2 aromatic carbocycles. The van der Waals surface area contributed by atoms with Crippen molar-refractivity contribution >= 4 is 40.1 Å². The number of allylic oxidation sites excluding steroid dienone is 3. The summed E-state index contributed by atoms with van der Waals surface area (Å²) in [4.78, 5) is 43.7. The second kappa shape index (κ2) is 9.55. The van der Waals surface area contributed by atoms with E-state index in [0.29, 0.717) is 41.3 Å². The van der Waals surface area contributed by atoms with Crippen molar-refractivity contribution in [2.24, 2.45) is 17.6 Å². The third-order valence-corrected chi connectivity index (χ3v) is 8.91. The van der Waals surface area contributed by atoms with E-state index in [9.17, 15) is 23.9 Å². The second-order valence-corrected chi connectivity index (χ2v) is 11.8. The number of hydrogen-bond donors (Lipinski definition) is 3. The molecule has 6 rings (SSSR count). The van der Waals surface area contributed by atoms with Crippen LogP contribution in [0.25, 0.3) is 22.0 Å². The number of nitrogens with two attached hydrogens (primary N) is 1. The number of hydrogen-bond acceptors (Lipinski definition) is 4. The van der Waals surface area contributed by atoms with Crippen LogP contribution in [0.1, 0.15) is 47.4 Å². The normalized spacial score (nSPS) is 20.6. The molecule has 1 unspecified atom stereocenters. The fourth-order valence-electron chi connectivity index (χ4n) is 6.63. The van der Waals surface area contributed by atoms with Crippen LogP contribution in [0.4, 0.5) is 19.3 Å². The number of amides is 4. The van der Waals surface area contributed by atoms with Gasteiger partial charge in [-0.2, -0.15) is 9.37 Å². The van der Waals surface area contributed by atoms with E-state index in [1.54, 1.807) is 39.0 Å². The molecular formula is C32H31F2N4O4+. The van der Waals surface area contributed by atoms with Crippen molar-refractivity contribution in [1.82, 2.24) is 4.98 Å². The third-order valence-electron chi connectivity index (χ3n) is 8.91. The SMILES string of the molecule is Cc1c(-c2c(F)cc(C(N)=O)c3[nH]c4c(c23)CC[C@H](C(C)(C)O)C4)cccc1N1C(=O)C2C=CC=C(F)C2=[N+](C)C1=O. The highest BCUT2D eigenvalue weighted by Crippen LogP contribution is 2.44. The molecule has 1 aliphatic heterocycles. The molecule has 0 saturated carbocycles. The summed E-state index contributed by atoms with van der Waals surface area (Å²) < 4.78 is 31.8. The number of anilines is 1. The molecule has 1 aromatic heterocycles. The zero-order chi connectivity index (χ0) is 30.2. The van der Waals surface area contributed by atoms with Crippen molar-refractivity contribution in [2.45, 2.75) is 45.6 Å². The summed E-state index contributed by atoms with van der Waals surface area (Å²) >= 11 is 0. The molecule has 2 aliphatic carbocycles. The topological polar surface area (TPSA) is 120 Å². The van der Waals surface area contributed by atoms with Crippen LogP contribution in [0.3, 0.4) is 0 Å². The van der Waals surface area contributed by atoms with Crippen LogP contribution in [0.15, 0.2) is 48.3 Å². The average Bonchev–Trinajstić information content (AvgIpc) is 3.30. The quantitative estimate of drug-likeness (QED) is 0.387. The molecule has 42 heavy (non-hydrogen) atoms. The van der Waals surface area contributed by atoms with Crippen molar-refractivity contribution in [3.05, 3.63) is 76.5 Å². The number of aryl methyl sites for hydroxylation is 1. The van der Waals surface area contributed by atoms with Crippen molar-refractivity contribution in [1.29, 1.82) is 0 Å². The number of carbonyl (C=O) groups excluding carboxylic acids is 3. The third kappa shape index (κ3) is 4.04. The van der Waals surface area contributed by atoms with E-state index < -0.39 is 41.0 Å². The van der Waals surface area contributed by atoms with Gasteiger partial charge in [-0.05, 0) is 75.3 Å². The van der Waals surface area contributed by atoms with Crippen LogP contribution in [0.5, 0.6) is 0 Å². The maximum atomic E-state index is 16.1. The molecule has 10 heteroatoms. The molecule has 0 radical (unpaired) electrons. The number of nitrogens with zero attached hydrogens (tertiary/aromatic N) is 2. The van der Waals surface area contributed by atoms with Gasteiger partial charge in [0.2, 0.25) is 0 Å². The Balaban J connectivity index is 1.55. The molecule has 0 saturated heterocycles. The van der Waals surface area contributed by atoms with Gasteiger partial charge in [0, 0.05) is 22.2 Å². The second-order valence-electron chi connectivity index (χ2n) is 11.8. The number of halogens is 2. The van der Waals surface area contributed by atoms with Gasteiger partial charge in [-0.25, -0.2) is 13.6 Å². The van der Waals surface area contributed by atoms with Gasteiger partial charge in [-0.3, -0.25) is 4.79 Å². The first-order valence-corrected chi connectivity index (χ1v) is 13.8. The first-order chi connectivity index (χ1) is 19.8. The predicted molar refractivity (Wildman–Crippen MR) is 155 cm³/mol. The van der Waals surface area contributed by atoms with E-state index in [1.165, 1.54) is 25.3 Å². The summed E-state index contributed by atoms with van der Waals surface area (Å²) in [5.74, 6) is -3.75. The lowest BCUT2D eigenvalue weighted by Crippen LogP contribution is -2.54. The molecule has 0 spiro atoms. The Labute approximate surface area is 240 Å². The molecule has 3 aliphatic rings. The van der Waals surface area contributed by atoms with Gasteiger partial charge in [0.15, 0.2) is 11.5 Å². The van der Waals surface area contributed by atoms with E-state index in [1.807, 2.05) is 0 Å². The molecule has 8 nitrogen and oxygen atoms in total. The molecule has 0 bridgehead atoms. The number of primary amides is 1. The van der Waals surface area contributed by atoms with Gasteiger partial charge >= 0.3 is 11.9 Å². The Morgan fingerprint density at radius 2 is 1.98 bits per heavy atom.